The molecule has 0 aliphatic carbocycles. The number of ether oxygens (including phenoxy) is 2. The number of nitrogens with zero attached hydrogens (tertiary/aromatic N) is 1. The summed E-state index contributed by atoms with van der Waals surface area (Å²) in [4.78, 5) is 26.8. The van der Waals surface area contributed by atoms with Crippen LogP contribution < -0.4 is 26.0 Å². The molecule has 0 saturated heterocycles. The minimum Gasteiger partial charge on any atom is -0.453 e. The van der Waals surface area contributed by atoms with E-state index in [-0.39, 0.29) is 56.2 Å². The van der Waals surface area contributed by atoms with Crippen LogP contribution in [0.1, 0.15) is 19.4 Å². The van der Waals surface area contributed by atoms with Crippen molar-refractivity contribution in [3.63, 3.8) is 0 Å². The molecule has 0 unspecified atom stereocenters. The van der Waals surface area contributed by atoms with Crippen molar-refractivity contribution < 1.29 is 54.5 Å². The lowest BCUT2D eigenvalue weighted by Crippen LogP contribution is -2.38. The van der Waals surface area contributed by atoms with E-state index in [0.717, 1.165) is 12.1 Å². The molecule has 0 fully saturated rings. The van der Waals surface area contributed by atoms with Crippen LogP contribution in [0.5, 0.6) is 17.2 Å². The van der Waals surface area contributed by atoms with Gasteiger partial charge in [-0.2, -0.15) is 13.2 Å². The molecule has 244 valence electrons. The number of alkyl halides is 6. The summed E-state index contributed by atoms with van der Waals surface area (Å²) in [5.41, 5.74) is -1.93. The third-order valence-electron chi connectivity index (χ3n) is 6.21. The van der Waals surface area contributed by atoms with E-state index in [9.17, 15) is 45.6 Å². The van der Waals surface area contributed by atoms with E-state index >= 15 is 0 Å². The van der Waals surface area contributed by atoms with Crippen LogP contribution in [0.4, 0.5) is 26.3 Å². The van der Waals surface area contributed by atoms with Gasteiger partial charge in [-0.1, -0.05) is 0 Å². The predicted molar refractivity (Wildman–Crippen MR) is 153 cm³/mol. The topological polar surface area (TPSA) is 129 Å². The number of aliphatic hydroxyl groups is 1. The first-order chi connectivity index (χ1) is 21.0. The molecule has 4 aromatic rings. The van der Waals surface area contributed by atoms with Gasteiger partial charge in [0.15, 0.2) is 17.6 Å². The molecular formula is C27H25F6N2O8PS. The molecule has 1 atom stereocenters. The Kier molecular flexibility index (Phi) is 9.90. The molecule has 2 heterocycles. The molecule has 0 radical (unpaired) electrons. The molecule has 0 spiro atoms. The molecular weight excluding hydrogens is 657 g/mol. The van der Waals surface area contributed by atoms with E-state index in [1.807, 2.05) is 4.98 Å². The third-order valence-corrected chi connectivity index (χ3v) is 9.70. The van der Waals surface area contributed by atoms with Gasteiger partial charge in [-0.25, -0.2) is 4.79 Å². The molecule has 0 saturated carbocycles. The summed E-state index contributed by atoms with van der Waals surface area (Å²) in [6.07, 6.45) is -13.2. The van der Waals surface area contributed by atoms with Gasteiger partial charge < -0.3 is 23.6 Å². The number of thiophene rings is 1. The molecule has 10 nitrogen and oxygen atoms in total. The number of aliphatic hydroxyl groups excluding tert-OH is 1. The quantitative estimate of drug-likeness (QED) is 0.141. The minimum absolute atomic E-state index is 0.0369. The first kappa shape index (κ1) is 34.2. The average Bonchev–Trinajstić information content (AvgIpc) is 3.28. The number of benzene rings is 2. The molecule has 18 heteroatoms. The highest BCUT2D eigenvalue weighted by Gasteiger charge is 2.39. The van der Waals surface area contributed by atoms with Crippen LogP contribution in [0.15, 0.2) is 52.1 Å². The Hall–Kier alpha value is -3.63. The number of halogens is 6. The molecule has 45 heavy (non-hydrogen) atoms. The maximum atomic E-state index is 13.4. The normalized spacial score (nSPS) is 13.3. The van der Waals surface area contributed by atoms with Crippen LogP contribution in [0.2, 0.25) is 0 Å². The lowest BCUT2D eigenvalue weighted by atomic mass is 10.1. The Labute approximate surface area is 254 Å². The van der Waals surface area contributed by atoms with Crippen molar-refractivity contribution in [1.82, 2.24) is 9.55 Å². The van der Waals surface area contributed by atoms with Crippen LogP contribution in [0.25, 0.3) is 20.7 Å². The number of H-pyrrole nitrogens is 1. The molecule has 2 aromatic heterocycles. The highest BCUT2D eigenvalue weighted by molar-refractivity contribution is 7.62. The fourth-order valence-electron chi connectivity index (χ4n) is 4.28. The van der Waals surface area contributed by atoms with Gasteiger partial charge in [0.2, 0.25) is 0 Å². The SMILES string of the molecule is CCOP(=O)(OCC)c1ccc(Oc2ccc(-c3sc4c(c3C)c(=O)[nH]c(=O)n4C[C@@H](O)C(F)(F)F)cc2OC(F)(F)F)cc1. The van der Waals surface area contributed by atoms with E-state index in [1.165, 1.54) is 37.3 Å². The van der Waals surface area contributed by atoms with Crippen LogP contribution in [0, 0.1) is 6.92 Å². The minimum atomic E-state index is -5.16. The zero-order valence-electron chi connectivity index (χ0n) is 23.6. The molecule has 4 rings (SSSR count). The van der Waals surface area contributed by atoms with E-state index in [4.69, 9.17) is 13.8 Å². The summed E-state index contributed by atoms with van der Waals surface area (Å²) < 4.78 is 113. The van der Waals surface area contributed by atoms with E-state index < -0.39 is 49.8 Å². The average molecular weight is 683 g/mol. The molecule has 0 aliphatic rings. The number of rotatable bonds is 11. The zero-order chi connectivity index (χ0) is 33.3. The highest BCUT2D eigenvalue weighted by atomic mass is 32.1. The summed E-state index contributed by atoms with van der Waals surface area (Å²) in [6, 6.07) is 8.83. The van der Waals surface area contributed by atoms with E-state index in [2.05, 4.69) is 4.74 Å². The summed E-state index contributed by atoms with van der Waals surface area (Å²) in [5.74, 6) is -1.15. The fourth-order valence-corrected chi connectivity index (χ4v) is 7.16. The highest BCUT2D eigenvalue weighted by Crippen LogP contribution is 2.47. The smallest absolute Gasteiger partial charge is 0.453 e. The molecule has 2 aromatic carbocycles. The monoisotopic (exact) mass is 682 g/mol. The standard InChI is InChI=1S/C27H25F6N2O8PS/c1-4-40-44(39,41-5-2)17-9-7-16(8-10-17)42-18-11-6-15(12-19(18)43-27(31,32)33)22-14(3)21-23(37)34-25(38)35(24(21)45-22)13-20(36)26(28,29)30/h6-12,20,36H,4-5,13H2,1-3H3,(H,34,37,38)/t20-/m1/s1. The van der Waals surface area contributed by atoms with E-state index in [0.29, 0.717) is 15.9 Å². The fraction of sp³-hybridized carbons (Fsp3) is 0.333. The first-order valence-corrected chi connectivity index (χ1v) is 15.4. The molecule has 0 aliphatic heterocycles. The molecule has 2 N–H and O–H groups in total. The van der Waals surface area contributed by atoms with Crippen LogP contribution in [-0.4, -0.2) is 46.5 Å². The van der Waals surface area contributed by atoms with E-state index in [1.54, 1.807) is 13.8 Å². The van der Waals surface area contributed by atoms with Gasteiger partial charge in [-0.05, 0) is 74.4 Å². The number of hydrogen-bond acceptors (Lipinski definition) is 9. The van der Waals surface area contributed by atoms with Crippen molar-refractivity contribution in [2.24, 2.45) is 0 Å². The number of aromatic nitrogens is 2. The molecule has 0 amide bonds. The van der Waals surface area contributed by atoms with Crippen molar-refractivity contribution >= 4 is 34.5 Å². The maximum Gasteiger partial charge on any atom is 0.573 e. The second-order valence-corrected chi connectivity index (χ2v) is 12.3. The van der Waals surface area contributed by atoms with Gasteiger partial charge in [0.1, 0.15) is 10.6 Å². The summed E-state index contributed by atoms with van der Waals surface area (Å²) in [5, 5.41) is 9.56. The Morgan fingerprint density at radius 2 is 1.60 bits per heavy atom. The van der Waals surface area contributed by atoms with Crippen LogP contribution in [0.3, 0.4) is 0 Å². The number of hydrogen-bond donors (Lipinski definition) is 2. The Balaban J connectivity index is 1.76. The van der Waals surface area contributed by atoms with Crippen molar-refractivity contribution in [1.29, 1.82) is 0 Å². The molecule has 0 bridgehead atoms. The Bertz CT molecular complexity index is 1840. The number of aromatic amines is 1. The zero-order valence-corrected chi connectivity index (χ0v) is 25.3. The van der Waals surface area contributed by atoms with Crippen LogP contribution >= 0.6 is 18.9 Å². The predicted octanol–water partition coefficient (Wildman–Crippen LogP) is 6.23. The van der Waals surface area contributed by atoms with Gasteiger partial charge in [0, 0.05) is 4.88 Å². The second-order valence-electron chi connectivity index (χ2n) is 9.30. The number of aryl methyl sites for hydroxylation is 1. The number of nitrogens with one attached hydrogen (secondary N) is 1. The van der Waals surface area contributed by atoms with Crippen LogP contribution in [-0.2, 0) is 20.2 Å². The maximum absolute atomic E-state index is 13.4. The van der Waals surface area contributed by atoms with Gasteiger partial charge in [0.25, 0.3) is 5.56 Å². The van der Waals surface area contributed by atoms with Gasteiger partial charge in [0.05, 0.1) is 30.4 Å². The van der Waals surface area contributed by atoms with Crippen molar-refractivity contribution in [3.05, 3.63) is 68.9 Å². The van der Waals surface area contributed by atoms with Gasteiger partial charge >= 0.3 is 25.8 Å². The number of fused-ring (bicyclic) bond motifs is 1. The first-order valence-electron chi connectivity index (χ1n) is 13.1. The van der Waals surface area contributed by atoms with Crippen molar-refractivity contribution in [2.75, 3.05) is 13.2 Å². The van der Waals surface area contributed by atoms with Crippen molar-refractivity contribution in [2.45, 2.75) is 46.0 Å². The summed E-state index contributed by atoms with van der Waals surface area (Å²) >= 11 is 0.669. The summed E-state index contributed by atoms with van der Waals surface area (Å²) in [6.45, 7) is 3.63. The third kappa shape index (κ3) is 7.61. The largest absolute Gasteiger partial charge is 0.573 e. The lowest BCUT2D eigenvalue weighted by molar-refractivity contribution is -0.275. The second kappa shape index (κ2) is 13.0. The lowest BCUT2D eigenvalue weighted by Gasteiger charge is -2.18. The van der Waals surface area contributed by atoms with Crippen molar-refractivity contribution in [3.8, 4) is 27.7 Å². The van der Waals surface area contributed by atoms with Gasteiger partial charge in [-0.3, -0.25) is 18.9 Å². The Morgan fingerprint density at radius 1 is 0.978 bits per heavy atom. The van der Waals surface area contributed by atoms with Gasteiger partial charge in [-0.15, -0.1) is 24.5 Å². The summed E-state index contributed by atoms with van der Waals surface area (Å²) in [7, 11) is -3.64. The Morgan fingerprint density at radius 3 is 2.16 bits per heavy atom.